The summed E-state index contributed by atoms with van der Waals surface area (Å²) < 4.78 is 5.09. The molecule has 0 amide bonds. The van der Waals surface area contributed by atoms with Gasteiger partial charge in [0.25, 0.3) is 0 Å². The quantitative estimate of drug-likeness (QED) is 0.797. The van der Waals surface area contributed by atoms with Crippen molar-refractivity contribution in [2.24, 2.45) is 0 Å². The van der Waals surface area contributed by atoms with Crippen molar-refractivity contribution in [1.29, 1.82) is 0 Å². The zero-order valence-electron chi connectivity index (χ0n) is 11.2. The highest BCUT2D eigenvalue weighted by Gasteiger charge is 2.19. The molecule has 1 rings (SSSR count). The molecule has 2 N–H and O–H groups in total. The van der Waals surface area contributed by atoms with Gasteiger partial charge in [0, 0.05) is 0 Å². The molecule has 4 heteroatoms. The standard InChI is InChI=1S/C14H20O4/c1-8-5-12(6-9(2)10(8)3)14(17)18-11(4)13(16)7-15/h5-6,11,13,15-16H,7H2,1-4H3/t11-,13+/m1/s1. The van der Waals surface area contributed by atoms with E-state index in [-0.39, 0.29) is 0 Å². The number of carbonyl (C=O) groups excluding carboxylic acids is 1. The van der Waals surface area contributed by atoms with Gasteiger partial charge < -0.3 is 14.9 Å². The summed E-state index contributed by atoms with van der Waals surface area (Å²) in [4.78, 5) is 11.9. The Kier molecular flexibility index (Phi) is 4.87. The molecular formula is C14H20O4. The molecule has 2 atom stereocenters. The van der Waals surface area contributed by atoms with Gasteiger partial charge in [-0.05, 0) is 56.5 Å². The molecule has 1 aromatic carbocycles. The Hall–Kier alpha value is -1.39. The van der Waals surface area contributed by atoms with Crippen molar-refractivity contribution in [3.05, 3.63) is 34.4 Å². The molecular weight excluding hydrogens is 232 g/mol. The van der Waals surface area contributed by atoms with Crippen LogP contribution in [0.3, 0.4) is 0 Å². The molecule has 0 aliphatic carbocycles. The lowest BCUT2D eigenvalue weighted by Gasteiger charge is -2.18. The predicted molar refractivity (Wildman–Crippen MR) is 68.6 cm³/mol. The van der Waals surface area contributed by atoms with E-state index in [0.29, 0.717) is 5.56 Å². The number of rotatable bonds is 4. The van der Waals surface area contributed by atoms with Crippen LogP contribution in [0.5, 0.6) is 0 Å². The molecule has 0 aliphatic heterocycles. The van der Waals surface area contributed by atoms with Crippen LogP contribution in [0, 0.1) is 20.8 Å². The lowest BCUT2D eigenvalue weighted by molar-refractivity contribution is -0.0294. The van der Waals surface area contributed by atoms with Crippen molar-refractivity contribution in [3.8, 4) is 0 Å². The first-order chi connectivity index (χ1) is 8.36. The first-order valence-electron chi connectivity index (χ1n) is 5.94. The first-order valence-corrected chi connectivity index (χ1v) is 5.94. The molecule has 0 spiro atoms. The number of aliphatic hydroxyl groups is 2. The van der Waals surface area contributed by atoms with Crippen molar-refractivity contribution in [1.82, 2.24) is 0 Å². The van der Waals surface area contributed by atoms with Gasteiger partial charge in [0.1, 0.15) is 12.2 Å². The van der Waals surface area contributed by atoms with E-state index in [9.17, 15) is 9.90 Å². The summed E-state index contributed by atoms with van der Waals surface area (Å²) in [5, 5.41) is 18.1. The van der Waals surface area contributed by atoms with E-state index in [4.69, 9.17) is 9.84 Å². The maximum absolute atomic E-state index is 11.9. The third-order valence-electron chi connectivity index (χ3n) is 3.18. The maximum atomic E-state index is 11.9. The molecule has 100 valence electrons. The third kappa shape index (κ3) is 3.31. The number of hydrogen-bond donors (Lipinski definition) is 2. The number of benzene rings is 1. The molecule has 0 heterocycles. The van der Waals surface area contributed by atoms with Crippen LogP contribution >= 0.6 is 0 Å². The number of hydrogen-bond acceptors (Lipinski definition) is 4. The highest BCUT2D eigenvalue weighted by atomic mass is 16.6. The number of aryl methyl sites for hydroxylation is 2. The number of ether oxygens (including phenoxy) is 1. The van der Waals surface area contributed by atoms with Crippen LogP contribution < -0.4 is 0 Å². The van der Waals surface area contributed by atoms with Crippen molar-refractivity contribution < 1.29 is 19.7 Å². The highest BCUT2D eigenvalue weighted by molar-refractivity contribution is 5.90. The highest BCUT2D eigenvalue weighted by Crippen LogP contribution is 2.17. The Labute approximate surface area is 107 Å². The van der Waals surface area contributed by atoms with Gasteiger partial charge in [-0.15, -0.1) is 0 Å². The van der Waals surface area contributed by atoms with Gasteiger partial charge >= 0.3 is 5.97 Å². The molecule has 0 radical (unpaired) electrons. The van der Waals surface area contributed by atoms with Crippen molar-refractivity contribution in [2.45, 2.75) is 39.9 Å². The molecule has 0 unspecified atom stereocenters. The van der Waals surface area contributed by atoms with Crippen LogP contribution in [0.4, 0.5) is 0 Å². The molecule has 0 saturated heterocycles. The summed E-state index contributed by atoms with van der Waals surface area (Å²) in [5.41, 5.74) is 3.66. The van der Waals surface area contributed by atoms with Crippen LogP contribution in [-0.4, -0.2) is 35.0 Å². The average molecular weight is 252 g/mol. The summed E-state index contributed by atoms with van der Waals surface area (Å²) in [6, 6.07) is 3.53. The van der Waals surface area contributed by atoms with E-state index in [2.05, 4.69) is 0 Å². The monoisotopic (exact) mass is 252 g/mol. The molecule has 0 fully saturated rings. The summed E-state index contributed by atoms with van der Waals surface area (Å²) in [7, 11) is 0. The summed E-state index contributed by atoms with van der Waals surface area (Å²) in [5.74, 6) is -0.485. The van der Waals surface area contributed by atoms with Gasteiger partial charge in [-0.1, -0.05) is 0 Å². The minimum atomic E-state index is -1.05. The molecule has 0 saturated carbocycles. The lowest BCUT2D eigenvalue weighted by atomic mass is 10.0. The second-order valence-electron chi connectivity index (χ2n) is 4.60. The van der Waals surface area contributed by atoms with E-state index < -0.39 is 24.8 Å². The normalized spacial score (nSPS) is 14.1. The van der Waals surface area contributed by atoms with E-state index in [0.717, 1.165) is 16.7 Å². The summed E-state index contributed by atoms with van der Waals surface area (Å²) in [6.07, 6.45) is -1.79. The Morgan fingerprint density at radius 1 is 1.28 bits per heavy atom. The van der Waals surface area contributed by atoms with Crippen LogP contribution in [0.25, 0.3) is 0 Å². The van der Waals surface area contributed by atoms with Crippen LogP contribution in [-0.2, 0) is 4.74 Å². The fourth-order valence-corrected chi connectivity index (χ4v) is 1.62. The first kappa shape index (κ1) is 14.7. The largest absolute Gasteiger partial charge is 0.456 e. The van der Waals surface area contributed by atoms with Gasteiger partial charge in [0.2, 0.25) is 0 Å². The second kappa shape index (κ2) is 5.98. The number of esters is 1. The van der Waals surface area contributed by atoms with Crippen LogP contribution in [0.15, 0.2) is 12.1 Å². The number of carbonyl (C=O) groups is 1. The van der Waals surface area contributed by atoms with Gasteiger partial charge in [-0.2, -0.15) is 0 Å². The number of aliphatic hydroxyl groups excluding tert-OH is 2. The minimum absolute atomic E-state index is 0.430. The van der Waals surface area contributed by atoms with Gasteiger partial charge in [0.05, 0.1) is 12.2 Å². The Morgan fingerprint density at radius 3 is 2.22 bits per heavy atom. The van der Waals surface area contributed by atoms with Crippen molar-refractivity contribution in [2.75, 3.05) is 6.61 Å². The second-order valence-corrected chi connectivity index (χ2v) is 4.60. The molecule has 1 aromatic rings. The average Bonchev–Trinajstić information content (AvgIpc) is 2.33. The molecule has 0 bridgehead atoms. The van der Waals surface area contributed by atoms with Crippen molar-refractivity contribution in [3.63, 3.8) is 0 Å². The Bertz CT molecular complexity index is 416. The maximum Gasteiger partial charge on any atom is 0.338 e. The van der Waals surface area contributed by atoms with E-state index >= 15 is 0 Å². The lowest BCUT2D eigenvalue weighted by Crippen LogP contribution is -2.31. The fourth-order valence-electron chi connectivity index (χ4n) is 1.62. The topological polar surface area (TPSA) is 66.8 Å². The SMILES string of the molecule is Cc1cc(C(=O)O[C@H](C)[C@@H](O)CO)cc(C)c1C. The molecule has 4 nitrogen and oxygen atoms in total. The van der Waals surface area contributed by atoms with E-state index in [1.54, 1.807) is 19.1 Å². The van der Waals surface area contributed by atoms with E-state index in [1.807, 2.05) is 20.8 Å². The Morgan fingerprint density at radius 2 is 1.78 bits per heavy atom. The van der Waals surface area contributed by atoms with E-state index in [1.165, 1.54) is 0 Å². The smallest absolute Gasteiger partial charge is 0.338 e. The predicted octanol–water partition coefficient (Wildman–Crippen LogP) is 1.51. The van der Waals surface area contributed by atoms with Gasteiger partial charge in [0.15, 0.2) is 0 Å². The third-order valence-corrected chi connectivity index (χ3v) is 3.18. The molecule has 18 heavy (non-hydrogen) atoms. The minimum Gasteiger partial charge on any atom is -0.456 e. The van der Waals surface area contributed by atoms with Crippen LogP contribution in [0.2, 0.25) is 0 Å². The molecule has 0 aliphatic rings. The zero-order chi connectivity index (χ0) is 13.9. The summed E-state index contributed by atoms with van der Waals surface area (Å²) in [6.45, 7) is 6.99. The molecule has 0 aromatic heterocycles. The zero-order valence-corrected chi connectivity index (χ0v) is 11.2. The van der Waals surface area contributed by atoms with Gasteiger partial charge in [-0.3, -0.25) is 0 Å². The fraction of sp³-hybridized carbons (Fsp3) is 0.500. The summed E-state index contributed by atoms with van der Waals surface area (Å²) >= 11 is 0. The Balaban J connectivity index is 2.85. The van der Waals surface area contributed by atoms with Gasteiger partial charge in [-0.25, -0.2) is 4.79 Å². The van der Waals surface area contributed by atoms with Crippen LogP contribution in [0.1, 0.15) is 34.0 Å². The van der Waals surface area contributed by atoms with Crippen molar-refractivity contribution >= 4 is 5.97 Å².